The maximum atomic E-state index is 12.8. The van der Waals surface area contributed by atoms with Crippen molar-refractivity contribution in [3.05, 3.63) is 50.2 Å². The summed E-state index contributed by atoms with van der Waals surface area (Å²) in [5, 5.41) is 12.8. The predicted octanol–water partition coefficient (Wildman–Crippen LogP) is 4.29. The summed E-state index contributed by atoms with van der Waals surface area (Å²) in [4.78, 5) is 25.5. The molecule has 2 aromatic heterocycles. The van der Waals surface area contributed by atoms with Crippen LogP contribution in [-0.2, 0) is 6.42 Å². The minimum Gasteiger partial charge on any atom is -0.344 e. The van der Waals surface area contributed by atoms with E-state index in [1.165, 1.54) is 11.3 Å². The van der Waals surface area contributed by atoms with E-state index in [-0.39, 0.29) is 17.0 Å². The number of benzene rings is 1. The van der Waals surface area contributed by atoms with E-state index in [0.717, 1.165) is 23.4 Å². The van der Waals surface area contributed by atoms with Gasteiger partial charge in [-0.3, -0.25) is 14.9 Å². The van der Waals surface area contributed by atoms with Crippen molar-refractivity contribution in [2.75, 3.05) is 5.32 Å². The molecule has 0 saturated carbocycles. The van der Waals surface area contributed by atoms with Crippen LogP contribution in [0.3, 0.4) is 0 Å². The number of rotatable bonds is 5. The van der Waals surface area contributed by atoms with Crippen LogP contribution in [-0.4, -0.2) is 20.7 Å². The van der Waals surface area contributed by atoms with Gasteiger partial charge in [-0.25, -0.2) is 0 Å². The molecule has 0 aliphatic heterocycles. The van der Waals surface area contributed by atoms with Crippen LogP contribution in [0.4, 0.5) is 5.13 Å². The van der Waals surface area contributed by atoms with Crippen molar-refractivity contribution >= 4 is 44.9 Å². The first kappa shape index (κ1) is 18.5. The summed E-state index contributed by atoms with van der Waals surface area (Å²) in [5.41, 5.74) is 0.447. The van der Waals surface area contributed by atoms with Crippen LogP contribution in [0.15, 0.2) is 29.2 Å². The second-order valence-corrected chi connectivity index (χ2v) is 7.74. The summed E-state index contributed by atoms with van der Waals surface area (Å²) in [5.74, 6) is -0.495. The standard InChI is InChI=1S/C18H19ClN4O2S/c1-4-5-15-21-22-18(26-15)20-17(25)13-9-23(10(2)3)14-7-6-11(19)8-12(14)16(13)24/h6-10H,4-5H2,1-3H3,(H,20,22,25). The van der Waals surface area contributed by atoms with Crippen molar-refractivity contribution in [3.63, 3.8) is 0 Å². The Labute approximate surface area is 159 Å². The number of carbonyl (C=O) groups is 1. The van der Waals surface area contributed by atoms with Crippen LogP contribution in [0.2, 0.25) is 5.02 Å². The lowest BCUT2D eigenvalue weighted by Crippen LogP contribution is -2.24. The molecule has 0 spiro atoms. The molecule has 0 bridgehead atoms. The number of hydrogen-bond donors (Lipinski definition) is 1. The Balaban J connectivity index is 2.04. The maximum absolute atomic E-state index is 12.8. The second kappa shape index (κ2) is 7.55. The number of anilines is 1. The lowest BCUT2D eigenvalue weighted by molar-refractivity contribution is 0.102. The minimum atomic E-state index is -0.495. The highest BCUT2D eigenvalue weighted by atomic mass is 35.5. The summed E-state index contributed by atoms with van der Waals surface area (Å²) in [6.07, 6.45) is 3.35. The van der Waals surface area contributed by atoms with Crippen molar-refractivity contribution in [1.29, 1.82) is 0 Å². The molecular formula is C18H19ClN4O2S. The van der Waals surface area contributed by atoms with Gasteiger partial charge in [-0.2, -0.15) is 0 Å². The molecule has 0 aliphatic rings. The number of pyridine rings is 1. The summed E-state index contributed by atoms with van der Waals surface area (Å²) in [7, 11) is 0. The zero-order chi connectivity index (χ0) is 18.8. The van der Waals surface area contributed by atoms with Crippen LogP contribution in [0.1, 0.15) is 48.6 Å². The number of nitrogens with one attached hydrogen (secondary N) is 1. The monoisotopic (exact) mass is 390 g/mol. The van der Waals surface area contributed by atoms with Crippen molar-refractivity contribution in [2.45, 2.75) is 39.7 Å². The maximum Gasteiger partial charge on any atom is 0.262 e. The van der Waals surface area contributed by atoms with E-state index in [0.29, 0.717) is 15.5 Å². The Bertz CT molecular complexity index is 1030. The molecule has 1 amide bonds. The Morgan fingerprint density at radius 1 is 1.35 bits per heavy atom. The molecule has 3 rings (SSSR count). The Morgan fingerprint density at radius 2 is 2.12 bits per heavy atom. The third-order valence-corrected chi connectivity index (χ3v) is 5.08. The Hall–Kier alpha value is -2.25. The van der Waals surface area contributed by atoms with Crippen molar-refractivity contribution in [1.82, 2.24) is 14.8 Å². The van der Waals surface area contributed by atoms with E-state index >= 15 is 0 Å². The second-order valence-electron chi connectivity index (χ2n) is 6.24. The molecule has 8 heteroatoms. The highest BCUT2D eigenvalue weighted by Gasteiger charge is 2.18. The van der Waals surface area contributed by atoms with Crippen LogP contribution in [0.25, 0.3) is 10.9 Å². The Kier molecular flexibility index (Phi) is 5.38. The number of aryl methyl sites for hydroxylation is 1. The van der Waals surface area contributed by atoms with E-state index in [2.05, 4.69) is 15.5 Å². The zero-order valence-corrected chi connectivity index (χ0v) is 16.3. The van der Waals surface area contributed by atoms with Crippen molar-refractivity contribution < 1.29 is 4.79 Å². The van der Waals surface area contributed by atoms with E-state index in [1.54, 1.807) is 24.4 Å². The van der Waals surface area contributed by atoms with Crippen LogP contribution in [0.5, 0.6) is 0 Å². The molecule has 6 nitrogen and oxygen atoms in total. The number of carbonyl (C=O) groups excluding carboxylic acids is 1. The van der Waals surface area contributed by atoms with Gasteiger partial charge in [0.25, 0.3) is 5.91 Å². The largest absolute Gasteiger partial charge is 0.344 e. The van der Waals surface area contributed by atoms with E-state index < -0.39 is 5.91 Å². The first-order valence-corrected chi connectivity index (χ1v) is 9.58. The first-order valence-electron chi connectivity index (χ1n) is 8.38. The fraction of sp³-hybridized carbons (Fsp3) is 0.333. The van der Waals surface area contributed by atoms with Gasteiger partial charge in [0.2, 0.25) is 10.6 Å². The number of nitrogens with zero attached hydrogens (tertiary/aromatic N) is 3. The number of fused-ring (bicyclic) bond motifs is 1. The third kappa shape index (κ3) is 3.64. The van der Waals surface area contributed by atoms with E-state index in [1.807, 2.05) is 25.3 Å². The molecule has 0 atom stereocenters. The number of aromatic nitrogens is 3. The van der Waals surface area contributed by atoms with Gasteiger partial charge in [0.1, 0.15) is 10.6 Å². The molecule has 0 aliphatic carbocycles. The molecule has 3 aromatic rings. The average Bonchev–Trinajstić information content (AvgIpc) is 3.02. The molecular weight excluding hydrogens is 372 g/mol. The summed E-state index contributed by atoms with van der Waals surface area (Å²) < 4.78 is 1.89. The fourth-order valence-electron chi connectivity index (χ4n) is 2.70. The molecule has 0 saturated heterocycles. The molecule has 0 unspecified atom stereocenters. The molecule has 136 valence electrons. The summed E-state index contributed by atoms with van der Waals surface area (Å²) >= 11 is 7.37. The minimum absolute atomic E-state index is 0.0562. The third-order valence-electron chi connectivity index (χ3n) is 3.95. The molecule has 0 radical (unpaired) electrons. The van der Waals surface area contributed by atoms with E-state index in [4.69, 9.17) is 11.6 Å². The lowest BCUT2D eigenvalue weighted by atomic mass is 10.1. The van der Waals surface area contributed by atoms with Gasteiger partial charge in [0.15, 0.2) is 0 Å². The summed E-state index contributed by atoms with van der Waals surface area (Å²) in [6.45, 7) is 6.03. The topological polar surface area (TPSA) is 76.9 Å². The number of halogens is 1. The smallest absolute Gasteiger partial charge is 0.262 e. The van der Waals surface area contributed by atoms with Gasteiger partial charge in [0, 0.05) is 29.1 Å². The normalized spacial score (nSPS) is 11.3. The molecule has 1 N–H and O–H groups in total. The quantitative estimate of drug-likeness (QED) is 0.704. The first-order chi connectivity index (χ1) is 12.4. The molecule has 2 heterocycles. The van der Waals surface area contributed by atoms with E-state index in [9.17, 15) is 9.59 Å². The number of hydrogen-bond acceptors (Lipinski definition) is 5. The van der Waals surface area contributed by atoms with Crippen LogP contribution in [0, 0.1) is 0 Å². The van der Waals surface area contributed by atoms with Crippen molar-refractivity contribution in [2.24, 2.45) is 0 Å². The van der Waals surface area contributed by atoms with Crippen molar-refractivity contribution in [3.8, 4) is 0 Å². The molecule has 26 heavy (non-hydrogen) atoms. The average molecular weight is 391 g/mol. The molecule has 1 aromatic carbocycles. The Morgan fingerprint density at radius 3 is 2.81 bits per heavy atom. The van der Waals surface area contributed by atoms with Gasteiger partial charge >= 0.3 is 0 Å². The van der Waals surface area contributed by atoms with Gasteiger partial charge in [0.05, 0.1) is 5.52 Å². The van der Waals surface area contributed by atoms with Gasteiger partial charge < -0.3 is 4.57 Å². The predicted molar refractivity (Wildman–Crippen MR) is 105 cm³/mol. The zero-order valence-electron chi connectivity index (χ0n) is 14.7. The SMILES string of the molecule is CCCc1nnc(NC(=O)c2cn(C(C)C)c3ccc(Cl)cc3c2=O)s1. The lowest BCUT2D eigenvalue weighted by Gasteiger charge is -2.16. The highest BCUT2D eigenvalue weighted by molar-refractivity contribution is 7.15. The molecule has 0 fully saturated rings. The van der Waals surface area contributed by atoms with Gasteiger partial charge in [-0.15, -0.1) is 10.2 Å². The van der Waals surface area contributed by atoms with Gasteiger partial charge in [-0.05, 0) is 38.5 Å². The van der Waals surface area contributed by atoms with Gasteiger partial charge in [-0.1, -0.05) is 29.9 Å². The van der Waals surface area contributed by atoms with Crippen LogP contribution >= 0.6 is 22.9 Å². The van der Waals surface area contributed by atoms with Crippen LogP contribution < -0.4 is 10.7 Å². The highest BCUT2D eigenvalue weighted by Crippen LogP contribution is 2.22. The number of amides is 1. The fourth-order valence-corrected chi connectivity index (χ4v) is 3.71. The summed E-state index contributed by atoms with van der Waals surface area (Å²) in [6, 6.07) is 5.20.